The van der Waals surface area contributed by atoms with Gasteiger partial charge in [-0.1, -0.05) is 6.92 Å². The molecule has 2 bridgehead atoms. The first-order valence-electron chi connectivity index (χ1n) is 7.65. The van der Waals surface area contributed by atoms with Crippen LogP contribution in [-0.2, 0) is 11.3 Å². The zero-order valence-corrected chi connectivity index (χ0v) is 13.2. The smallest absolute Gasteiger partial charge is 0.411 e. The van der Waals surface area contributed by atoms with Gasteiger partial charge >= 0.3 is 6.09 Å². The largest absolute Gasteiger partial charge is 0.444 e. The Morgan fingerprint density at radius 3 is 2.62 bits per heavy atom. The topological polar surface area (TPSA) is 60.2 Å². The zero-order valence-electron chi connectivity index (χ0n) is 13.2. The molecule has 116 valence electrons. The molecule has 1 aromatic heterocycles. The summed E-state index contributed by atoms with van der Waals surface area (Å²) in [6.07, 6.45) is 6.24. The van der Waals surface area contributed by atoms with Gasteiger partial charge in [0.2, 0.25) is 0 Å². The molecule has 0 spiro atoms. The predicted molar refractivity (Wildman–Crippen MR) is 77.6 cm³/mol. The number of carbonyl (C=O) groups is 1. The van der Waals surface area contributed by atoms with Crippen LogP contribution >= 0.6 is 0 Å². The standard InChI is InChI=1S/C15H24N4O2/c1-11-7-12-9-15(8-11,10-18-16-5-6-17-18)19(12)13(20)21-14(2,3)4/h5-6,11-12H,7-10H2,1-4H3/t11-,12?,15?/m1/s1. The summed E-state index contributed by atoms with van der Waals surface area (Å²) in [5.74, 6) is 0.623. The van der Waals surface area contributed by atoms with Crippen LogP contribution in [0.25, 0.3) is 0 Å². The van der Waals surface area contributed by atoms with Crippen LogP contribution in [0.4, 0.5) is 4.79 Å². The Morgan fingerprint density at radius 1 is 1.33 bits per heavy atom. The second-order valence-electron chi connectivity index (χ2n) is 7.54. The molecule has 2 aliphatic heterocycles. The van der Waals surface area contributed by atoms with Crippen LogP contribution in [0.1, 0.15) is 47.0 Å². The SMILES string of the molecule is C[C@@H]1CC2CC(Cn3nccn3)(C1)N2C(=O)OC(C)(C)C. The van der Waals surface area contributed by atoms with Crippen LogP contribution in [0.2, 0.25) is 0 Å². The molecule has 3 heterocycles. The number of carbonyl (C=O) groups excluding carboxylic acids is 1. The molecular weight excluding hydrogens is 268 g/mol. The molecule has 3 aliphatic rings. The summed E-state index contributed by atoms with van der Waals surface area (Å²) >= 11 is 0. The molecule has 3 fully saturated rings. The maximum atomic E-state index is 12.5. The molecule has 1 aliphatic carbocycles. The average molecular weight is 292 g/mol. The highest BCUT2D eigenvalue weighted by Crippen LogP contribution is 2.50. The number of hydrogen-bond donors (Lipinski definition) is 0. The number of piperidine rings is 1. The molecule has 1 saturated carbocycles. The maximum absolute atomic E-state index is 12.5. The third kappa shape index (κ3) is 2.63. The van der Waals surface area contributed by atoms with E-state index in [1.165, 1.54) is 0 Å². The lowest BCUT2D eigenvalue weighted by atomic mass is 9.64. The molecular formula is C15H24N4O2. The molecule has 6 heteroatoms. The number of hydrogen-bond acceptors (Lipinski definition) is 4. The predicted octanol–water partition coefficient (Wildman–Crippen LogP) is 2.46. The summed E-state index contributed by atoms with van der Waals surface area (Å²) in [6, 6.07) is 0.305. The van der Waals surface area contributed by atoms with E-state index < -0.39 is 5.60 Å². The Balaban J connectivity index is 1.80. The molecule has 4 rings (SSSR count). The normalized spacial score (nSPS) is 31.7. The van der Waals surface area contributed by atoms with Gasteiger partial charge in [0.25, 0.3) is 0 Å². The van der Waals surface area contributed by atoms with E-state index in [1.54, 1.807) is 17.2 Å². The number of ether oxygens (including phenoxy) is 1. The molecule has 0 aromatic carbocycles. The van der Waals surface area contributed by atoms with Crippen molar-refractivity contribution in [1.82, 2.24) is 19.9 Å². The Kier molecular flexibility index (Phi) is 3.22. The number of fused-ring (bicyclic) bond motifs is 2. The van der Waals surface area contributed by atoms with Crippen LogP contribution < -0.4 is 0 Å². The van der Waals surface area contributed by atoms with Crippen LogP contribution in [0.15, 0.2) is 12.4 Å². The number of amides is 1. The van der Waals surface area contributed by atoms with E-state index in [2.05, 4.69) is 17.1 Å². The summed E-state index contributed by atoms with van der Waals surface area (Å²) < 4.78 is 5.59. The van der Waals surface area contributed by atoms with Gasteiger partial charge in [0.15, 0.2) is 0 Å². The van der Waals surface area contributed by atoms with Gasteiger partial charge < -0.3 is 4.74 Å². The minimum Gasteiger partial charge on any atom is -0.444 e. The zero-order chi connectivity index (χ0) is 15.3. The van der Waals surface area contributed by atoms with Gasteiger partial charge in [-0.05, 0) is 46.0 Å². The van der Waals surface area contributed by atoms with Gasteiger partial charge in [0.1, 0.15) is 5.60 Å². The molecule has 21 heavy (non-hydrogen) atoms. The van der Waals surface area contributed by atoms with Crippen molar-refractivity contribution >= 4 is 6.09 Å². The van der Waals surface area contributed by atoms with E-state index in [0.717, 1.165) is 19.3 Å². The molecule has 1 amide bonds. The monoisotopic (exact) mass is 292 g/mol. The second-order valence-corrected chi connectivity index (χ2v) is 7.54. The van der Waals surface area contributed by atoms with Crippen molar-refractivity contribution in [2.75, 3.05) is 0 Å². The van der Waals surface area contributed by atoms with Crippen molar-refractivity contribution < 1.29 is 9.53 Å². The number of rotatable bonds is 2. The molecule has 2 saturated heterocycles. The van der Waals surface area contributed by atoms with E-state index in [1.807, 2.05) is 25.7 Å². The van der Waals surface area contributed by atoms with Crippen molar-refractivity contribution in [1.29, 1.82) is 0 Å². The number of nitrogens with zero attached hydrogens (tertiary/aromatic N) is 4. The average Bonchev–Trinajstić information content (AvgIpc) is 2.77. The molecule has 6 nitrogen and oxygen atoms in total. The van der Waals surface area contributed by atoms with E-state index in [4.69, 9.17) is 4.74 Å². The lowest BCUT2D eigenvalue weighted by molar-refractivity contribution is -0.132. The fourth-order valence-electron chi connectivity index (χ4n) is 3.92. The van der Waals surface area contributed by atoms with Gasteiger partial charge in [-0.2, -0.15) is 15.0 Å². The van der Waals surface area contributed by atoms with E-state index in [9.17, 15) is 4.79 Å². The number of aromatic nitrogens is 3. The summed E-state index contributed by atoms with van der Waals surface area (Å²) in [4.78, 5) is 16.2. The minimum absolute atomic E-state index is 0.177. The Hall–Kier alpha value is -1.59. The molecule has 0 radical (unpaired) electrons. The first kappa shape index (κ1) is 14.4. The Morgan fingerprint density at radius 2 is 2.00 bits per heavy atom. The molecule has 3 atom stereocenters. The van der Waals surface area contributed by atoms with Crippen molar-refractivity contribution in [3.63, 3.8) is 0 Å². The lowest BCUT2D eigenvalue weighted by Crippen LogP contribution is -2.73. The highest BCUT2D eigenvalue weighted by Gasteiger charge is 2.59. The molecule has 1 aromatic rings. The van der Waals surface area contributed by atoms with Crippen LogP contribution in [0, 0.1) is 5.92 Å². The van der Waals surface area contributed by atoms with E-state index in [0.29, 0.717) is 18.5 Å². The highest BCUT2D eigenvalue weighted by molar-refractivity contribution is 5.71. The Bertz CT molecular complexity index is 522. The summed E-state index contributed by atoms with van der Waals surface area (Å²) in [6.45, 7) is 8.63. The van der Waals surface area contributed by atoms with Gasteiger partial charge in [0, 0.05) is 6.04 Å². The fourth-order valence-corrected chi connectivity index (χ4v) is 3.92. The maximum Gasteiger partial charge on any atom is 0.411 e. The van der Waals surface area contributed by atoms with Gasteiger partial charge in [-0.25, -0.2) is 4.79 Å². The van der Waals surface area contributed by atoms with E-state index >= 15 is 0 Å². The minimum atomic E-state index is -0.461. The van der Waals surface area contributed by atoms with Crippen molar-refractivity contribution in [3.05, 3.63) is 12.4 Å². The first-order chi connectivity index (χ1) is 9.79. The van der Waals surface area contributed by atoms with Gasteiger partial charge in [-0.3, -0.25) is 4.90 Å². The lowest BCUT2D eigenvalue weighted by Gasteiger charge is -2.62. The van der Waals surface area contributed by atoms with Crippen LogP contribution in [-0.4, -0.2) is 43.2 Å². The second kappa shape index (κ2) is 4.71. The van der Waals surface area contributed by atoms with Crippen molar-refractivity contribution in [3.8, 4) is 0 Å². The highest BCUT2D eigenvalue weighted by atomic mass is 16.6. The quantitative estimate of drug-likeness (QED) is 0.840. The summed E-state index contributed by atoms with van der Waals surface area (Å²) in [5.41, 5.74) is -0.637. The third-order valence-electron chi connectivity index (χ3n) is 4.39. The third-order valence-corrected chi connectivity index (χ3v) is 4.39. The van der Waals surface area contributed by atoms with Crippen molar-refractivity contribution in [2.45, 2.75) is 70.7 Å². The fraction of sp³-hybridized carbons (Fsp3) is 0.800. The van der Waals surface area contributed by atoms with Crippen LogP contribution in [0.5, 0.6) is 0 Å². The Labute approximate surface area is 125 Å². The van der Waals surface area contributed by atoms with Gasteiger partial charge in [0.05, 0.1) is 24.5 Å². The summed E-state index contributed by atoms with van der Waals surface area (Å²) in [5, 5.41) is 8.40. The van der Waals surface area contributed by atoms with Crippen LogP contribution in [0.3, 0.4) is 0 Å². The van der Waals surface area contributed by atoms with E-state index in [-0.39, 0.29) is 11.6 Å². The summed E-state index contributed by atoms with van der Waals surface area (Å²) in [7, 11) is 0. The molecule has 0 N–H and O–H groups in total. The van der Waals surface area contributed by atoms with Crippen molar-refractivity contribution in [2.24, 2.45) is 5.92 Å². The molecule has 2 unspecified atom stereocenters. The first-order valence-corrected chi connectivity index (χ1v) is 7.65. The van der Waals surface area contributed by atoms with Gasteiger partial charge in [-0.15, -0.1) is 0 Å².